The van der Waals surface area contributed by atoms with Crippen molar-refractivity contribution in [3.05, 3.63) is 35.7 Å². The summed E-state index contributed by atoms with van der Waals surface area (Å²) in [5.74, 6) is 0. The fraction of sp³-hybridized carbons (Fsp3) is 0.250. The fourth-order valence-corrected chi connectivity index (χ4v) is 3.40. The number of sulfonamides is 1. The highest BCUT2D eigenvalue weighted by molar-refractivity contribution is 7.92. The Hall–Kier alpha value is -2.02. The maximum absolute atomic E-state index is 12.3. The topological polar surface area (TPSA) is 90.0 Å². The Balaban J connectivity index is 2.40. The highest BCUT2D eigenvalue weighted by atomic mass is 32.2. The van der Waals surface area contributed by atoms with E-state index in [-0.39, 0.29) is 4.90 Å². The van der Waals surface area contributed by atoms with Crippen molar-refractivity contribution in [2.24, 2.45) is 7.05 Å². The zero-order valence-corrected chi connectivity index (χ0v) is 11.8. The molecule has 0 aliphatic carbocycles. The van der Waals surface area contributed by atoms with Gasteiger partial charge in [-0.15, -0.1) is 0 Å². The van der Waals surface area contributed by atoms with Gasteiger partial charge in [-0.25, -0.2) is 8.42 Å². The quantitative estimate of drug-likeness (QED) is 0.832. The minimum absolute atomic E-state index is 0.215. The Morgan fingerprint density at radius 1 is 1.21 bits per heavy atom. The summed E-state index contributed by atoms with van der Waals surface area (Å²) in [6, 6.07) is 6.52. The standard InChI is InChI=1S/C12H16N4O2S/c1-8-12(9(2)16(3)14-8)19(17,18)15-11-6-4-10(13)5-7-11/h4-7,15H,13H2,1-3H3. The molecule has 2 rings (SSSR count). The van der Waals surface area contributed by atoms with Gasteiger partial charge in [0.25, 0.3) is 10.0 Å². The zero-order chi connectivity index (χ0) is 14.2. The van der Waals surface area contributed by atoms with E-state index in [2.05, 4.69) is 9.82 Å². The number of hydrogen-bond donors (Lipinski definition) is 2. The van der Waals surface area contributed by atoms with Gasteiger partial charge in [0, 0.05) is 18.4 Å². The largest absolute Gasteiger partial charge is 0.399 e. The van der Waals surface area contributed by atoms with Crippen molar-refractivity contribution in [2.75, 3.05) is 10.5 Å². The third kappa shape index (κ3) is 2.55. The second kappa shape index (κ2) is 4.58. The lowest BCUT2D eigenvalue weighted by molar-refractivity contribution is 0.599. The van der Waals surface area contributed by atoms with Gasteiger partial charge < -0.3 is 5.73 Å². The van der Waals surface area contributed by atoms with Gasteiger partial charge in [-0.3, -0.25) is 9.40 Å². The van der Waals surface area contributed by atoms with E-state index in [1.807, 2.05) is 0 Å². The van der Waals surface area contributed by atoms with Gasteiger partial charge in [0.05, 0.1) is 11.4 Å². The van der Waals surface area contributed by atoms with Crippen LogP contribution in [0.15, 0.2) is 29.2 Å². The van der Waals surface area contributed by atoms with Crippen LogP contribution in [0, 0.1) is 13.8 Å². The van der Waals surface area contributed by atoms with E-state index >= 15 is 0 Å². The molecule has 1 heterocycles. The van der Waals surface area contributed by atoms with Crippen LogP contribution in [0.5, 0.6) is 0 Å². The van der Waals surface area contributed by atoms with E-state index in [1.54, 1.807) is 49.8 Å². The summed E-state index contributed by atoms with van der Waals surface area (Å²) in [6.45, 7) is 3.39. The lowest BCUT2D eigenvalue weighted by Gasteiger charge is -2.08. The van der Waals surface area contributed by atoms with Crippen molar-refractivity contribution in [1.82, 2.24) is 9.78 Å². The molecule has 2 aromatic rings. The van der Waals surface area contributed by atoms with Crippen molar-refractivity contribution in [2.45, 2.75) is 18.7 Å². The number of aromatic nitrogens is 2. The van der Waals surface area contributed by atoms with Crippen LogP contribution in [0.25, 0.3) is 0 Å². The van der Waals surface area contributed by atoms with E-state index in [1.165, 1.54) is 0 Å². The Morgan fingerprint density at radius 2 is 1.79 bits per heavy atom. The minimum atomic E-state index is -3.64. The Labute approximate surface area is 112 Å². The molecule has 0 radical (unpaired) electrons. The second-order valence-corrected chi connectivity index (χ2v) is 5.97. The average molecular weight is 280 g/mol. The molecule has 0 aliphatic heterocycles. The molecule has 0 spiro atoms. The summed E-state index contributed by atoms with van der Waals surface area (Å²) in [5, 5.41) is 4.11. The van der Waals surface area contributed by atoms with Crippen LogP contribution in [-0.2, 0) is 17.1 Å². The number of nitrogens with two attached hydrogens (primary N) is 1. The molecule has 0 bridgehead atoms. The molecule has 0 saturated carbocycles. The van der Waals surface area contributed by atoms with Crippen LogP contribution >= 0.6 is 0 Å². The molecule has 6 nitrogen and oxygen atoms in total. The first-order chi connectivity index (χ1) is 8.81. The van der Waals surface area contributed by atoms with E-state index in [0.29, 0.717) is 22.8 Å². The Kier molecular flexibility index (Phi) is 3.23. The lowest BCUT2D eigenvalue weighted by Crippen LogP contribution is -2.14. The van der Waals surface area contributed by atoms with E-state index < -0.39 is 10.0 Å². The molecule has 1 aromatic carbocycles. The van der Waals surface area contributed by atoms with Gasteiger partial charge in [0.2, 0.25) is 0 Å². The number of nitrogens with one attached hydrogen (secondary N) is 1. The number of nitrogen functional groups attached to an aromatic ring is 1. The summed E-state index contributed by atoms with van der Waals surface area (Å²) < 4.78 is 28.8. The molecule has 102 valence electrons. The third-order valence-corrected chi connectivity index (χ3v) is 4.51. The maximum Gasteiger partial charge on any atom is 0.265 e. The van der Waals surface area contributed by atoms with Crippen molar-refractivity contribution in [3.8, 4) is 0 Å². The van der Waals surface area contributed by atoms with Crippen LogP contribution in [0.4, 0.5) is 11.4 Å². The normalized spacial score (nSPS) is 11.5. The summed E-state index contributed by atoms with van der Waals surface area (Å²) in [4.78, 5) is 0.215. The molecule has 0 saturated heterocycles. The van der Waals surface area contributed by atoms with E-state index in [0.717, 1.165) is 0 Å². The highest BCUT2D eigenvalue weighted by Crippen LogP contribution is 2.22. The third-order valence-electron chi connectivity index (χ3n) is 2.87. The number of hydrogen-bond acceptors (Lipinski definition) is 4. The SMILES string of the molecule is Cc1nn(C)c(C)c1S(=O)(=O)Nc1ccc(N)cc1. The number of nitrogens with zero attached hydrogens (tertiary/aromatic N) is 2. The van der Waals surface area contributed by atoms with Gasteiger partial charge in [-0.1, -0.05) is 0 Å². The number of aryl methyl sites for hydroxylation is 2. The molecule has 0 amide bonds. The number of rotatable bonds is 3. The lowest BCUT2D eigenvalue weighted by atomic mass is 10.3. The van der Waals surface area contributed by atoms with Crippen molar-refractivity contribution in [1.29, 1.82) is 0 Å². The van der Waals surface area contributed by atoms with Gasteiger partial charge in [-0.05, 0) is 38.1 Å². The molecule has 1 aromatic heterocycles. The maximum atomic E-state index is 12.3. The first-order valence-corrected chi connectivity index (χ1v) is 7.18. The van der Waals surface area contributed by atoms with Gasteiger partial charge in [-0.2, -0.15) is 5.10 Å². The number of benzene rings is 1. The van der Waals surface area contributed by atoms with Gasteiger partial charge in [0.1, 0.15) is 4.90 Å². The smallest absolute Gasteiger partial charge is 0.265 e. The molecule has 7 heteroatoms. The summed E-state index contributed by atoms with van der Waals surface area (Å²) in [7, 11) is -1.93. The summed E-state index contributed by atoms with van der Waals surface area (Å²) in [6.07, 6.45) is 0. The molecule has 3 N–H and O–H groups in total. The predicted octanol–water partition coefficient (Wildman–Crippen LogP) is 1.42. The van der Waals surface area contributed by atoms with Crippen molar-refractivity contribution >= 4 is 21.4 Å². The summed E-state index contributed by atoms with van der Waals surface area (Å²) in [5.41, 5.74) is 7.68. The molecule has 0 aliphatic rings. The minimum Gasteiger partial charge on any atom is -0.399 e. The molecule has 0 atom stereocenters. The average Bonchev–Trinajstić information content (AvgIpc) is 2.56. The predicted molar refractivity (Wildman–Crippen MR) is 74.3 cm³/mol. The highest BCUT2D eigenvalue weighted by Gasteiger charge is 2.23. The Morgan fingerprint density at radius 3 is 2.26 bits per heavy atom. The molecule has 19 heavy (non-hydrogen) atoms. The van der Waals surface area contributed by atoms with Crippen LogP contribution in [-0.4, -0.2) is 18.2 Å². The molecule has 0 unspecified atom stereocenters. The van der Waals surface area contributed by atoms with E-state index in [4.69, 9.17) is 5.73 Å². The summed E-state index contributed by atoms with van der Waals surface area (Å²) >= 11 is 0. The second-order valence-electron chi connectivity index (χ2n) is 4.35. The Bertz CT molecular complexity index is 702. The first-order valence-electron chi connectivity index (χ1n) is 5.70. The van der Waals surface area contributed by atoms with Crippen molar-refractivity contribution in [3.63, 3.8) is 0 Å². The van der Waals surface area contributed by atoms with Crippen LogP contribution in [0.3, 0.4) is 0 Å². The van der Waals surface area contributed by atoms with Gasteiger partial charge >= 0.3 is 0 Å². The zero-order valence-electron chi connectivity index (χ0n) is 11.0. The van der Waals surface area contributed by atoms with E-state index in [9.17, 15) is 8.42 Å². The fourth-order valence-electron chi connectivity index (χ4n) is 1.90. The van der Waals surface area contributed by atoms with Crippen LogP contribution in [0.2, 0.25) is 0 Å². The van der Waals surface area contributed by atoms with Crippen LogP contribution in [0.1, 0.15) is 11.4 Å². The monoisotopic (exact) mass is 280 g/mol. The number of anilines is 2. The first kappa shape index (κ1) is 13.4. The van der Waals surface area contributed by atoms with Crippen molar-refractivity contribution < 1.29 is 8.42 Å². The molecular weight excluding hydrogens is 264 g/mol. The molecular formula is C12H16N4O2S. The van der Waals surface area contributed by atoms with Crippen LogP contribution < -0.4 is 10.5 Å². The molecule has 0 fully saturated rings. The van der Waals surface area contributed by atoms with Gasteiger partial charge in [0.15, 0.2) is 0 Å².